The fraction of sp³-hybridized carbons (Fsp3) is 0.316. The Labute approximate surface area is 148 Å². The highest BCUT2D eigenvalue weighted by molar-refractivity contribution is 8.22. The predicted molar refractivity (Wildman–Crippen MR) is 103 cm³/mol. The lowest BCUT2D eigenvalue weighted by atomic mass is 10.1. The molecule has 0 saturated carbocycles. The van der Waals surface area contributed by atoms with Gasteiger partial charge in [0.15, 0.2) is 0 Å². The number of thioether (sulfide) groups is 1. The van der Waals surface area contributed by atoms with Gasteiger partial charge in [0.05, 0.1) is 18.6 Å². The number of hydrogen-bond donors (Lipinski definition) is 0. The van der Waals surface area contributed by atoms with Gasteiger partial charge in [-0.2, -0.15) is 0 Å². The van der Waals surface area contributed by atoms with Gasteiger partial charge >= 0.3 is 0 Å². The van der Waals surface area contributed by atoms with Gasteiger partial charge in [0.1, 0.15) is 4.32 Å². The second kappa shape index (κ2) is 7.95. The second-order valence-electron chi connectivity index (χ2n) is 5.87. The minimum atomic E-state index is 0.315. The molecule has 4 heteroatoms. The first-order chi connectivity index (χ1) is 11.2. The van der Waals surface area contributed by atoms with Crippen LogP contribution in [0.4, 0.5) is 0 Å². The summed E-state index contributed by atoms with van der Waals surface area (Å²) in [6, 6.07) is 21.6. The van der Waals surface area contributed by atoms with E-state index in [0.717, 1.165) is 29.8 Å². The SMILES string of the molecule is CC(c1ccccc1)N1CN(CCc2ccccc2)CSC1=S. The molecule has 3 rings (SSSR count). The van der Waals surface area contributed by atoms with Crippen molar-refractivity contribution in [3.05, 3.63) is 71.8 Å². The molecule has 1 aliphatic rings. The van der Waals surface area contributed by atoms with E-state index in [9.17, 15) is 0 Å². The summed E-state index contributed by atoms with van der Waals surface area (Å²) in [4.78, 5) is 4.82. The molecule has 0 amide bonds. The van der Waals surface area contributed by atoms with Crippen LogP contribution in [0.25, 0.3) is 0 Å². The van der Waals surface area contributed by atoms with Crippen molar-refractivity contribution in [3.63, 3.8) is 0 Å². The molecule has 0 aliphatic carbocycles. The Morgan fingerprint density at radius 2 is 1.70 bits per heavy atom. The van der Waals surface area contributed by atoms with E-state index in [4.69, 9.17) is 12.2 Å². The molecule has 0 radical (unpaired) electrons. The van der Waals surface area contributed by atoms with Gasteiger partial charge in [0.25, 0.3) is 0 Å². The fourth-order valence-corrected chi connectivity index (χ4v) is 4.06. The standard InChI is InChI=1S/C19H22N2S2/c1-16(18-10-6-3-7-11-18)21-14-20(15-23-19(21)22)13-12-17-8-4-2-5-9-17/h2-11,16H,12-15H2,1H3. The molecule has 120 valence electrons. The molecule has 23 heavy (non-hydrogen) atoms. The third kappa shape index (κ3) is 4.34. The zero-order chi connectivity index (χ0) is 16.1. The second-order valence-corrected chi connectivity index (χ2v) is 7.45. The zero-order valence-corrected chi connectivity index (χ0v) is 15.0. The van der Waals surface area contributed by atoms with Crippen molar-refractivity contribution in [1.29, 1.82) is 0 Å². The number of benzene rings is 2. The van der Waals surface area contributed by atoms with E-state index in [1.54, 1.807) is 11.8 Å². The van der Waals surface area contributed by atoms with Gasteiger partial charge in [-0.15, -0.1) is 0 Å². The van der Waals surface area contributed by atoms with Crippen LogP contribution < -0.4 is 0 Å². The van der Waals surface area contributed by atoms with Gasteiger partial charge in [-0.25, -0.2) is 0 Å². The number of thiocarbonyl (C=S) groups is 1. The molecular weight excluding hydrogens is 320 g/mol. The number of nitrogens with zero attached hydrogens (tertiary/aromatic N) is 2. The van der Waals surface area contributed by atoms with Gasteiger partial charge in [-0.05, 0) is 24.5 Å². The van der Waals surface area contributed by atoms with Crippen LogP contribution in [0.2, 0.25) is 0 Å². The van der Waals surface area contributed by atoms with Crippen molar-refractivity contribution < 1.29 is 0 Å². The largest absolute Gasteiger partial charge is 0.338 e. The third-order valence-electron chi connectivity index (χ3n) is 4.27. The normalized spacial score (nSPS) is 17.3. The Kier molecular flexibility index (Phi) is 5.70. The van der Waals surface area contributed by atoms with Crippen molar-refractivity contribution in [2.75, 3.05) is 19.1 Å². The average molecular weight is 343 g/mol. The lowest BCUT2D eigenvalue weighted by molar-refractivity contribution is 0.184. The molecule has 1 atom stereocenters. The van der Waals surface area contributed by atoms with Crippen LogP contribution in [0, 0.1) is 0 Å². The summed E-state index contributed by atoms with van der Waals surface area (Å²) >= 11 is 7.37. The molecule has 2 aromatic rings. The van der Waals surface area contributed by atoms with Crippen LogP contribution >= 0.6 is 24.0 Å². The molecule has 2 nitrogen and oxygen atoms in total. The number of rotatable bonds is 5. The summed E-state index contributed by atoms with van der Waals surface area (Å²) in [5.74, 6) is 0.990. The molecule has 1 heterocycles. The molecule has 0 spiro atoms. The topological polar surface area (TPSA) is 6.48 Å². The van der Waals surface area contributed by atoms with E-state index < -0.39 is 0 Å². The van der Waals surface area contributed by atoms with Crippen LogP contribution in [-0.2, 0) is 6.42 Å². The van der Waals surface area contributed by atoms with Gasteiger partial charge in [-0.1, -0.05) is 84.6 Å². The molecule has 2 aromatic carbocycles. The molecule has 1 unspecified atom stereocenters. The highest BCUT2D eigenvalue weighted by Crippen LogP contribution is 2.28. The molecule has 0 N–H and O–H groups in total. The Morgan fingerprint density at radius 1 is 1.04 bits per heavy atom. The van der Waals surface area contributed by atoms with Crippen LogP contribution in [0.1, 0.15) is 24.1 Å². The molecule has 0 bridgehead atoms. The molecule has 1 aliphatic heterocycles. The summed E-state index contributed by atoms with van der Waals surface area (Å²) in [6.07, 6.45) is 1.09. The lowest BCUT2D eigenvalue weighted by Gasteiger charge is -2.40. The summed E-state index contributed by atoms with van der Waals surface area (Å²) < 4.78 is 1.01. The van der Waals surface area contributed by atoms with Gasteiger partial charge in [0, 0.05) is 6.54 Å². The first-order valence-corrected chi connectivity index (χ1v) is 9.38. The van der Waals surface area contributed by atoms with Crippen molar-refractivity contribution in [3.8, 4) is 0 Å². The smallest absolute Gasteiger partial charge is 0.139 e. The molecule has 1 saturated heterocycles. The van der Waals surface area contributed by atoms with E-state index in [-0.39, 0.29) is 0 Å². The predicted octanol–water partition coefficient (Wildman–Crippen LogP) is 4.54. The fourth-order valence-electron chi connectivity index (χ4n) is 2.80. The summed E-state index contributed by atoms with van der Waals surface area (Å²) in [7, 11) is 0. The van der Waals surface area contributed by atoms with Crippen molar-refractivity contribution in [2.45, 2.75) is 19.4 Å². The van der Waals surface area contributed by atoms with Crippen molar-refractivity contribution in [1.82, 2.24) is 9.80 Å². The summed E-state index contributed by atoms with van der Waals surface area (Å²) in [6.45, 7) is 4.22. The summed E-state index contributed by atoms with van der Waals surface area (Å²) in [5.41, 5.74) is 2.72. The van der Waals surface area contributed by atoms with E-state index in [1.807, 2.05) is 0 Å². The molecule has 0 aromatic heterocycles. The Bertz CT molecular complexity index is 630. The van der Waals surface area contributed by atoms with Gasteiger partial charge < -0.3 is 4.90 Å². The maximum absolute atomic E-state index is 5.60. The zero-order valence-electron chi connectivity index (χ0n) is 13.4. The third-order valence-corrected chi connectivity index (χ3v) is 5.83. The average Bonchev–Trinajstić information content (AvgIpc) is 2.62. The molecule has 1 fully saturated rings. The Balaban J connectivity index is 1.61. The Hall–Kier alpha value is -1.36. The highest BCUT2D eigenvalue weighted by Gasteiger charge is 2.26. The van der Waals surface area contributed by atoms with Crippen LogP contribution in [0.5, 0.6) is 0 Å². The number of hydrogen-bond acceptors (Lipinski definition) is 3. The van der Waals surface area contributed by atoms with E-state index >= 15 is 0 Å². The molecular formula is C19H22N2S2. The minimum absolute atomic E-state index is 0.315. The maximum atomic E-state index is 5.60. The highest BCUT2D eigenvalue weighted by atomic mass is 32.2. The quantitative estimate of drug-likeness (QED) is 0.736. The Morgan fingerprint density at radius 3 is 2.39 bits per heavy atom. The van der Waals surface area contributed by atoms with E-state index in [0.29, 0.717) is 6.04 Å². The first kappa shape index (κ1) is 16.5. The van der Waals surface area contributed by atoms with E-state index in [1.165, 1.54) is 11.1 Å². The monoisotopic (exact) mass is 342 g/mol. The minimum Gasteiger partial charge on any atom is -0.338 e. The lowest BCUT2D eigenvalue weighted by Crippen LogP contribution is -2.46. The van der Waals surface area contributed by atoms with Crippen LogP contribution in [0.15, 0.2) is 60.7 Å². The van der Waals surface area contributed by atoms with Crippen molar-refractivity contribution >= 4 is 28.3 Å². The van der Waals surface area contributed by atoms with Crippen LogP contribution in [-0.4, -0.2) is 33.2 Å². The first-order valence-electron chi connectivity index (χ1n) is 7.98. The van der Waals surface area contributed by atoms with Crippen LogP contribution in [0.3, 0.4) is 0 Å². The van der Waals surface area contributed by atoms with Gasteiger partial charge in [0.2, 0.25) is 0 Å². The maximum Gasteiger partial charge on any atom is 0.139 e. The van der Waals surface area contributed by atoms with Crippen molar-refractivity contribution in [2.24, 2.45) is 0 Å². The van der Waals surface area contributed by atoms with E-state index in [2.05, 4.69) is 77.4 Å². The van der Waals surface area contributed by atoms with Gasteiger partial charge in [-0.3, -0.25) is 4.90 Å². The summed E-state index contributed by atoms with van der Waals surface area (Å²) in [5, 5.41) is 0.